The average molecular weight is 284 g/mol. The lowest BCUT2D eigenvalue weighted by molar-refractivity contribution is -0.126. The Morgan fingerprint density at radius 2 is 2.19 bits per heavy atom. The Morgan fingerprint density at radius 1 is 1.33 bits per heavy atom. The molecule has 21 heavy (non-hydrogen) atoms. The second kappa shape index (κ2) is 5.82. The first-order chi connectivity index (χ1) is 10.2. The molecule has 3 rings (SSSR count). The van der Waals surface area contributed by atoms with E-state index in [-0.39, 0.29) is 17.9 Å². The van der Waals surface area contributed by atoms with E-state index in [2.05, 4.69) is 24.1 Å². The lowest BCUT2D eigenvalue weighted by Crippen LogP contribution is -2.34. The van der Waals surface area contributed by atoms with E-state index in [1.807, 2.05) is 30.3 Å². The monoisotopic (exact) mass is 284 g/mol. The van der Waals surface area contributed by atoms with Gasteiger partial charge in [0, 0.05) is 18.2 Å². The third-order valence-electron chi connectivity index (χ3n) is 4.16. The number of hydrogen-bond donors (Lipinski definition) is 1. The van der Waals surface area contributed by atoms with Crippen molar-refractivity contribution in [3.05, 3.63) is 36.5 Å². The van der Waals surface area contributed by atoms with Gasteiger partial charge in [0.1, 0.15) is 6.10 Å². The van der Waals surface area contributed by atoms with Gasteiger partial charge in [0.2, 0.25) is 0 Å². The molecule has 4 heteroatoms. The van der Waals surface area contributed by atoms with Crippen LogP contribution >= 0.6 is 0 Å². The first kappa shape index (κ1) is 14.0. The highest BCUT2D eigenvalue weighted by Gasteiger charge is 2.36. The lowest BCUT2D eigenvalue weighted by atomic mass is 9.89. The number of fused-ring (bicyclic) bond motifs is 1. The van der Waals surface area contributed by atoms with Crippen LogP contribution < -0.4 is 5.32 Å². The number of anilines is 1. The lowest BCUT2D eigenvalue weighted by Gasteiger charge is -2.21. The van der Waals surface area contributed by atoms with Crippen molar-refractivity contribution in [3.63, 3.8) is 0 Å². The standard InChI is InChI=1S/C17H20N2O2/c1-11(2)12-8-10-21-16(12)17(20)19-15-7-3-6-14-13(15)5-4-9-18-14/h3-7,9,11-12,16H,8,10H2,1-2H3,(H,19,20)/t12-,16-/m1/s1. The summed E-state index contributed by atoms with van der Waals surface area (Å²) in [5, 5.41) is 3.96. The van der Waals surface area contributed by atoms with Crippen molar-refractivity contribution in [2.75, 3.05) is 11.9 Å². The van der Waals surface area contributed by atoms with Crippen molar-refractivity contribution in [2.45, 2.75) is 26.4 Å². The molecule has 1 amide bonds. The maximum absolute atomic E-state index is 12.5. The van der Waals surface area contributed by atoms with Gasteiger partial charge in [-0.25, -0.2) is 0 Å². The molecule has 2 heterocycles. The Hall–Kier alpha value is -1.94. The van der Waals surface area contributed by atoms with E-state index in [4.69, 9.17) is 4.74 Å². The van der Waals surface area contributed by atoms with E-state index < -0.39 is 0 Å². The fourth-order valence-electron chi connectivity index (χ4n) is 2.98. The number of hydrogen-bond acceptors (Lipinski definition) is 3. The third-order valence-corrected chi connectivity index (χ3v) is 4.16. The van der Waals surface area contributed by atoms with Crippen molar-refractivity contribution in [2.24, 2.45) is 11.8 Å². The maximum Gasteiger partial charge on any atom is 0.253 e. The number of rotatable bonds is 3. The molecule has 0 bridgehead atoms. The van der Waals surface area contributed by atoms with Crippen molar-refractivity contribution >= 4 is 22.5 Å². The molecule has 1 saturated heterocycles. The molecule has 0 radical (unpaired) electrons. The average Bonchev–Trinajstić information content (AvgIpc) is 2.97. The third kappa shape index (κ3) is 2.76. The van der Waals surface area contributed by atoms with Gasteiger partial charge < -0.3 is 10.1 Å². The normalized spacial score (nSPS) is 21.9. The Balaban J connectivity index is 1.83. The summed E-state index contributed by atoms with van der Waals surface area (Å²) in [5.41, 5.74) is 1.67. The number of nitrogens with one attached hydrogen (secondary N) is 1. The van der Waals surface area contributed by atoms with Gasteiger partial charge in [-0.2, -0.15) is 0 Å². The molecule has 0 saturated carbocycles. The van der Waals surface area contributed by atoms with Gasteiger partial charge in [-0.15, -0.1) is 0 Å². The summed E-state index contributed by atoms with van der Waals surface area (Å²) in [5.74, 6) is 0.679. The maximum atomic E-state index is 12.5. The molecule has 1 fully saturated rings. The number of carbonyl (C=O) groups is 1. The summed E-state index contributed by atoms with van der Waals surface area (Å²) in [7, 11) is 0. The molecule has 1 aliphatic heterocycles. The molecule has 0 aliphatic carbocycles. The van der Waals surface area contributed by atoms with E-state index >= 15 is 0 Å². The highest BCUT2D eigenvalue weighted by Crippen LogP contribution is 2.29. The molecular formula is C17H20N2O2. The van der Waals surface area contributed by atoms with Gasteiger partial charge in [0.25, 0.3) is 5.91 Å². The van der Waals surface area contributed by atoms with Crippen molar-refractivity contribution in [3.8, 4) is 0 Å². The first-order valence-corrected chi connectivity index (χ1v) is 7.43. The zero-order chi connectivity index (χ0) is 14.8. The molecule has 4 nitrogen and oxygen atoms in total. The Bertz CT molecular complexity index is 649. The van der Waals surface area contributed by atoms with Gasteiger partial charge in [-0.05, 0) is 42.5 Å². The van der Waals surface area contributed by atoms with Gasteiger partial charge >= 0.3 is 0 Å². The summed E-state index contributed by atoms with van der Waals surface area (Å²) in [6.07, 6.45) is 2.35. The van der Waals surface area contributed by atoms with Gasteiger partial charge in [0.05, 0.1) is 11.2 Å². The molecule has 1 aromatic carbocycles. The fourth-order valence-corrected chi connectivity index (χ4v) is 2.98. The van der Waals surface area contributed by atoms with E-state index in [1.165, 1.54) is 0 Å². The number of carbonyl (C=O) groups excluding carboxylic acids is 1. The predicted octanol–water partition coefficient (Wildman–Crippen LogP) is 3.23. The quantitative estimate of drug-likeness (QED) is 0.941. The molecule has 1 aromatic heterocycles. The summed E-state index contributed by atoms with van der Waals surface area (Å²) in [6.45, 7) is 4.95. The summed E-state index contributed by atoms with van der Waals surface area (Å²) in [6, 6.07) is 9.59. The van der Waals surface area contributed by atoms with Gasteiger partial charge in [-0.3, -0.25) is 9.78 Å². The Morgan fingerprint density at radius 3 is 3.00 bits per heavy atom. The highest BCUT2D eigenvalue weighted by molar-refractivity contribution is 6.02. The van der Waals surface area contributed by atoms with Crippen molar-refractivity contribution in [1.29, 1.82) is 0 Å². The molecule has 0 spiro atoms. The van der Waals surface area contributed by atoms with Crippen LogP contribution in [0.2, 0.25) is 0 Å². The SMILES string of the molecule is CC(C)[C@H]1CCO[C@H]1C(=O)Nc1cccc2ncccc12. The largest absolute Gasteiger partial charge is 0.368 e. The Kier molecular flexibility index (Phi) is 3.88. The number of aromatic nitrogens is 1. The van der Waals surface area contributed by atoms with Gasteiger partial charge in [-0.1, -0.05) is 19.9 Å². The highest BCUT2D eigenvalue weighted by atomic mass is 16.5. The summed E-state index contributed by atoms with van der Waals surface area (Å²) >= 11 is 0. The van der Waals surface area contributed by atoms with Crippen molar-refractivity contribution < 1.29 is 9.53 Å². The van der Waals surface area contributed by atoms with Gasteiger partial charge in [0.15, 0.2) is 0 Å². The molecule has 1 aliphatic rings. The molecular weight excluding hydrogens is 264 g/mol. The van der Waals surface area contributed by atoms with Crippen molar-refractivity contribution in [1.82, 2.24) is 4.98 Å². The van der Waals surface area contributed by atoms with E-state index in [0.29, 0.717) is 12.5 Å². The van der Waals surface area contributed by atoms with E-state index in [1.54, 1.807) is 6.20 Å². The fraction of sp³-hybridized carbons (Fsp3) is 0.412. The minimum atomic E-state index is -0.350. The van der Waals surface area contributed by atoms with E-state index in [9.17, 15) is 4.79 Å². The number of ether oxygens (including phenoxy) is 1. The summed E-state index contributed by atoms with van der Waals surface area (Å²) < 4.78 is 5.65. The second-order valence-electron chi connectivity index (χ2n) is 5.85. The van der Waals surface area contributed by atoms with Crippen LogP contribution in [0.1, 0.15) is 20.3 Å². The topological polar surface area (TPSA) is 51.2 Å². The van der Waals surface area contributed by atoms with Crippen LogP contribution in [-0.4, -0.2) is 23.6 Å². The molecule has 2 aromatic rings. The van der Waals surface area contributed by atoms with Crippen LogP contribution in [0, 0.1) is 11.8 Å². The Labute approximate surface area is 124 Å². The second-order valence-corrected chi connectivity index (χ2v) is 5.85. The smallest absolute Gasteiger partial charge is 0.253 e. The zero-order valence-electron chi connectivity index (χ0n) is 12.4. The van der Waals surface area contributed by atoms with Crippen LogP contribution in [0.3, 0.4) is 0 Å². The molecule has 0 unspecified atom stereocenters. The predicted molar refractivity (Wildman–Crippen MR) is 83.1 cm³/mol. The zero-order valence-corrected chi connectivity index (χ0v) is 12.4. The van der Waals surface area contributed by atoms with Crippen LogP contribution in [0.25, 0.3) is 10.9 Å². The number of benzene rings is 1. The molecule has 110 valence electrons. The number of amides is 1. The molecule has 1 N–H and O–H groups in total. The van der Waals surface area contributed by atoms with Crippen LogP contribution in [-0.2, 0) is 9.53 Å². The summed E-state index contributed by atoms with van der Waals surface area (Å²) in [4.78, 5) is 16.8. The van der Waals surface area contributed by atoms with Crippen LogP contribution in [0.4, 0.5) is 5.69 Å². The number of pyridine rings is 1. The first-order valence-electron chi connectivity index (χ1n) is 7.43. The number of nitrogens with zero attached hydrogens (tertiary/aromatic N) is 1. The minimum Gasteiger partial charge on any atom is -0.368 e. The minimum absolute atomic E-state index is 0.0532. The molecule has 2 atom stereocenters. The van der Waals surface area contributed by atoms with Crippen LogP contribution in [0.5, 0.6) is 0 Å². The van der Waals surface area contributed by atoms with Crippen LogP contribution in [0.15, 0.2) is 36.5 Å². The van der Waals surface area contributed by atoms with E-state index in [0.717, 1.165) is 23.0 Å².